The summed E-state index contributed by atoms with van der Waals surface area (Å²) in [6.07, 6.45) is 2.74. The van der Waals surface area contributed by atoms with Gasteiger partial charge in [-0.3, -0.25) is 14.5 Å². The highest BCUT2D eigenvalue weighted by Gasteiger charge is 2.28. The average Bonchev–Trinajstić information content (AvgIpc) is 3.62. The number of amides is 2. The van der Waals surface area contributed by atoms with Crippen molar-refractivity contribution in [2.24, 2.45) is 0 Å². The lowest BCUT2D eigenvalue weighted by atomic mass is 10.1. The minimum absolute atomic E-state index is 0.0566. The fourth-order valence-corrected chi connectivity index (χ4v) is 4.37. The Morgan fingerprint density at radius 3 is 2.35 bits per heavy atom. The van der Waals surface area contributed by atoms with Crippen molar-refractivity contribution in [2.75, 3.05) is 38.0 Å². The van der Waals surface area contributed by atoms with Gasteiger partial charge in [-0.25, -0.2) is 4.68 Å². The molecule has 1 aliphatic heterocycles. The molecule has 0 bridgehead atoms. The van der Waals surface area contributed by atoms with Crippen LogP contribution in [0.5, 0.6) is 0 Å². The van der Waals surface area contributed by atoms with Gasteiger partial charge in [-0.15, -0.1) is 0 Å². The van der Waals surface area contributed by atoms with Crippen LogP contribution in [0.15, 0.2) is 60.7 Å². The van der Waals surface area contributed by atoms with E-state index in [2.05, 4.69) is 10.2 Å². The highest BCUT2D eigenvalue weighted by Crippen LogP contribution is 2.40. The maximum atomic E-state index is 12.9. The molecule has 5 rings (SSSR count). The van der Waals surface area contributed by atoms with Gasteiger partial charge in [0.05, 0.1) is 24.3 Å². The van der Waals surface area contributed by atoms with Gasteiger partial charge in [0.2, 0.25) is 11.8 Å². The Kier molecular flexibility index (Phi) is 6.45. The van der Waals surface area contributed by atoms with E-state index < -0.39 is 0 Å². The zero-order valence-corrected chi connectivity index (χ0v) is 19.6. The number of benzene rings is 2. The van der Waals surface area contributed by atoms with Crippen molar-refractivity contribution in [1.29, 1.82) is 0 Å². The second kappa shape index (κ2) is 9.81. The summed E-state index contributed by atoms with van der Waals surface area (Å²) < 4.78 is 1.83. The van der Waals surface area contributed by atoms with Gasteiger partial charge in [0.25, 0.3) is 0 Å². The van der Waals surface area contributed by atoms with Crippen molar-refractivity contribution in [3.05, 3.63) is 77.5 Å². The van der Waals surface area contributed by atoms with E-state index in [-0.39, 0.29) is 11.8 Å². The number of nitrogens with one attached hydrogen (secondary N) is 1. The smallest absolute Gasteiger partial charge is 0.239 e. The lowest BCUT2D eigenvalue weighted by molar-refractivity contribution is -0.132. The van der Waals surface area contributed by atoms with Crippen LogP contribution in [0.4, 0.5) is 5.82 Å². The lowest BCUT2D eigenvalue weighted by Crippen LogP contribution is -2.50. The van der Waals surface area contributed by atoms with E-state index in [1.54, 1.807) is 0 Å². The highest BCUT2D eigenvalue weighted by atomic mass is 16.2. The molecule has 176 valence electrons. The van der Waals surface area contributed by atoms with Gasteiger partial charge in [0, 0.05) is 38.2 Å². The second-order valence-corrected chi connectivity index (χ2v) is 9.34. The van der Waals surface area contributed by atoms with Crippen LogP contribution < -0.4 is 5.32 Å². The maximum Gasteiger partial charge on any atom is 0.239 e. The van der Waals surface area contributed by atoms with Crippen LogP contribution in [-0.4, -0.2) is 64.1 Å². The SMILES string of the molecule is Cc1ccc(CC(=O)N2CCN(CC(=O)Nc3cc(C4CC4)nn3-c3ccccc3)CC2)cc1. The standard InChI is InChI=1S/C27H31N5O2/c1-20-7-9-21(10-8-20)17-27(34)31-15-13-30(14-16-31)19-26(33)28-25-18-24(22-11-12-22)29-32(25)23-5-3-2-4-6-23/h2-10,18,22H,11-17,19H2,1H3,(H,28,33). The Morgan fingerprint density at radius 2 is 1.68 bits per heavy atom. The van der Waals surface area contributed by atoms with Crippen molar-refractivity contribution in [1.82, 2.24) is 19.6 Å². The molecule has 2 aliphatic rings. The minimum atomic E-state index is -0.0566. The van der Waals surface area contributed by atoms with Crippen molar-refractivity contribution in [3.8, 4) is 5.69 Å². The molecule has 34 heavy (non-hydrogen) atoms. The fraction of sp³-hybridized carbons (Fsp3) is 0.370. The van der Waals surface area contributed by atoms with Crippen molar-refractivity contribution in [3.63, 3.8) is 0 Å². The number of piperazine rings is 1. The Hall–Kier alpha value is -3.45. The predicted octanol–water partition coefficient (Wildman–Crippen LogP) is 3.38. The summed E-state index contributed by atoms with van der Waals surface area (Å²) in [5, 5.41) is 7.82. The first kappa shape index (κ1) is 22.3. The molecule has 1 saturated heterocycles. The summed E-state index contributed by atoms with van der Waals surface area (Å²) in [6, 6.07) is 20.0. The molecule has 2 amide bonds. The first-order valence-corrected chi connectivity index (χ1v) is 12.1. The number of hydrogen-bond donors (Lipinski definition) is 1. The molecule has 2 aromatic carbocycles. The number of carbonyl (C=O) groups is 2. The van der Waals surface area contributed by atoms with E-state index in [0.717, 1.165) is 29.8 Å². The number of hydrogen-bond acceptors (Lipinski definition) is 4. The molecule has 1 N–H and O–H groups in total. The van der Waals surface area contributed by atoms with Gasteiger partial charge in [0.15, 0.2) is 0 Å². The summed E-state index contributed by atoms with van der Waals surface area (Å²) >= 11 is 0. The summed E-state index contributed by atoms with van der Waals surface area (Å²) in [5.74, 6) is 1.31. The Labute approximate surface area is 200 Å². The monoisotopic (exact) mass is 457 g/mol. The fourth-order valence-electron chi connectivity index (χ4n) is 4.37. The van der Waals surface area contributed by atoms with Gasteiger partial charge in [-0.2, -0.15) is 5.10 Å². The normalized spacial score (nSPS) is 16.4. The second-order valence-electron chi connectivity index (χ2n) is 9.34. The number of aryl methyl sites for hydroxylation is 1. The zero-order chi connectivity index (χ0) is 23.5. The Morgan fingerprint density at radius 1 is 0.971 bits per heavy atom. The van der Waals surface area contributed by atoms with Crippen LogP contribution >= 0.6 is 0 Å². The van der Waals surface area contributed by atoms with Gasteiger partial charge in [-0.05, 0) is 37.5 Å². The van der Waals surface area contributed by atoms with Crippen molar-refractivity contribution >= 4 is 17.6 Å². The molecule has 2 fully saturated rings. The van der Waals surface area contributed by atoms with E-state index in [0.29, 0.717) is 50.9 Å². The Bertz CT molecular complexity index is 1140. The topological polar surface area (TPSA) is 70.5 Å². The van der Waals surface area contributed by atoms with E-state index in [4.69, 9.17) is 5.10 Å². The molecule has 2 heterocycles. The third-order valence-electron chi connectivity index (χ3n) is 6.56. The molecule has 0 atom stereocenters. The summed E-state index contributed by atoms with van der Waals surface area (Å²) in [7, 11) is 0. The molecular weight excluding hydrogens is 426 g/mol. The molecule has 7 heteroatoms. The number of nitrogens with zero attached hydrogens (tertiary/aromatic N) is 4. The first-order chi connectivity index (χ1) is 16.5. The highest BCUT2D eigenvalue weighted by molar-refractivity contribution is 5.92. The van der Waals surface area contributed by atoms with Crippen LogP contribution in [0, 0.1) is 6.92 Å². The lowest BCUT2D eigenvalue weighted by Gasteiger charge is -2.34. The summed E-state index contributed by atoms with van der Waals surface area (Å²) in [5.41, 5.74) is 4.21. The minimum Gasteiger partial charge on any atom is -0.340 e. The maximum absolute atomic E-state index is 12.9. The van der Waals surface area contributed by atoms with Gasteiger partial charge >= 0.3 is 0 Å². The zero-order valence-electron chi connectivity index (χ0n) is 19.6. The van der Waals surface area contributed by atoms with E-state index >= 15 is 0 Å². The number of para-hydroxylation sites is 1. The molecular formula is C27H31N5O2. The largest absolute Gasteiger partial charge is 0.340 e. The molecule has 7 nitrogen and oxygen atoms in total. The Balaban J connectivity index is 1.15. The van der Waals surface area contributed by atoms with Crippen molar-refractivity contribution < 1.29 is 9.59 Å². The molecule has 1 aliphatic carbocycles. The third-order valence-corrected chi connectivity index (χ3v) is 6.56. The van der Waals surface area contributed by atoms with Gasteiger partial charge < -0.3 is 10.2 Å². The molecule has 1 saturated carbocycles. The number of anilines is 1. The van der Waals surface area contributed by atoms with Crippen LogP contribution in [0.3, 0.4) is 0 Å². The molecule has 0 spiro atoms. The van der Waals surface area contributed by atoms with Crippen LogP contribution in [0.1, 0.15) is 35.6 Å². The van der Waals surface area contributed by atoms with E-state index in [1.165, 1.54) is 5.56 Å². The van der Waals surface area contributed by atoms with E-state index in [1.807, 2.05) is 77.2 Å². The van der Waals surface area contributed by atoms with Crippen LogP contribution in [-0.2, 0) is 16.0 Å². The van der Waals surface area contributed by atoms with E-state index in [9.17, 15) is 9.59 Å². The van der Waals surface area contributed by atoms with Gasteiger partial charge in [-0.1, -0.05) is 48.0 Å². The number of carbonyl (C=O) groups excluding carboxylic acids is 2. The first-order valence-electron chi connectivity index (χ1n) is 12.1. The molecule has 0 unspecified atom stereocenters. The molecule has 0 radical (unpaired) electrons. The molecule has 1 aromatic heterocycles. The number of rotatable bonds is 7. The van der Waals surface area contributed by atoms with Crippen LogP contribution in [0.2, 0.25) is 0 Å². The molecule has 3 aromatic rings. The summed E-state index contributed by atoms with van der Waals surface area (Å²) in [4.78, 5) is 29.6. The van der Waals surface area contributed by atoms with Crippen molar-refractivity contribution in [2.45, 2.75) is 32.1 Å². The quantitative estimate of drug-likeness (QED) is 0.591. The number of aromatic nitrogens is 2. The summed E-state index contributed by atoms with van der Waals surface area (Å²) in [6.45, 7) is 5.02. The third kappa shape index (κ3) is 5.37. The van der Waals surface area contributed by atoms with Gasteiger partial charge in [0.1, 0.15) is 5.82 Å². The predicted molar refractivity (Wildman–Crippen MR) is 132 cm³/mol. The average molecular weight is 458 g/mol. The van der Waals surface area contributed by atoms with Crippen LogP contribution in [0.25, 0.3) is 5.69 Å².